The van der Waals surface area contributed by atoms with Crippen LogP contribution in [0, 0.1) is 6.92 Å². The fourth-order valence-corrected chi connectivity index (χ4v) is 3.47. The van der Waals surface area contributed by atoms with Gasteiger partial charge >= 0.3 is 0 Å². The molecule has 21 heavy (non-hydrogen) atoms. The van der Waals surface area contributed by atoms with Crippen molar-refractivity contribution < 1.29 is 9.53 Å². The maximum absolute atomic E-state index is 12.8. The van der Waals surface area contributed by atoms with E-state index in [1.807, 2.05) is 32.9 Å². The fourth-order valence-electron chi connectivity index (χ4n) is 2.30. The number of hydrogen-bond donors (Lipinski definition) is 1. The lowest BCUT2D eigenvalue weighted by atomic mass is 10.1. The summed E-state index contributed by atoms with van der Waals surface area (Å²) in [6.45, 7) is 7.13. The number of methoxy groups -OCH3 is 1. The number of carbonyl (C=O) groups excluding carboxylic acids is 1. The molecule has 0 bridgehead atoms. The largest absolute Gasteiger partial charge is 0.397 e. The summed E-state index contributed by atoms with van der Waals surface area (Å²) in [5, 5.41) is 0.962. The van der Waals surface area contributed by atoms with Gasteiger partial charge in [0, 0.05) is 29.8 Å². The molecule has 1 heterocycles. The Labute approximate surface area is 129 Å². The Bertz CT molecular complexity index is 649. The van der Waals surface area contributed by atoms with Crippen molar-refractivity contribution in [1.82, 2.24) is 4.90 Å². The van der Waals surface area contributed by atoms with Crippen LogP contribution in [0.25, 0.3) is 10.1 Å². The van der Waals surface area contributed by atoms with Crippen molar-refractivity contribution in [3.05, 3.63) is 28.6 Å². The van der Waals surface area contributed by atoms with E-state index in [1.54, 1.807) is 12.0 Å². The lowest BCUT2D eigenvalue weighted by molar-refractivity contribution is 0.0641. The van der Waals surface area contributed by atoms with Crippen LogP contribution in [0.1, 0.15) is 29.1 Å². The molecule has 1 amide bonds. The molecule has 114 valence electrons. The second-order valence-electron chi connectivity index (χ2n) is 5.43. The van der Waals surface area contributed by atoms with E-state index in [1.165, 1.54) is 16.9 Å². The van der Waals surface area contributed by atoms with Gasteiger partial charge in [-0.25, -0.2) is 0 Å². The summed E-state index contributed by atoms with van der Waals surface area (Å²) in [6, 6.07) is 6.19. The van der Waals surface area contributed by atoms with Crippen molar-refractivity contribution in [2.24, 2.45) is 0 Å². The minimum atomic E-state index is -0.0154. The average molecular weight is 306 g/mol. The zero-order valence-corrected chi connectivity index (χ0v) is 13.8. The van der Waals surface area contributed by atoms with Crippen LogP contribution in [-0.4, -0.2) is 37.1 Å². The molecular weight excluding hydrogens is 284 g/mol. The van der Waals surface area contributed by atoms with E-state index in [0.29, 0.717) is 23.7 Å². The number of nitrogens with two attached hydrogens (primary N) is 1. The topological polar surface area (TPSA) is 55.6 Å². The van der Waals surface area contributed by atoms with E-state index in [0.717, 1.165) is 10.1 Å². The molecule has 0 aliphatic rings. The van der Waals surface area contributed by atoms with E-state index in [4.69, 9.17) is 10.5 Å². The molecule has 0 aliphatic carbocycles. The SMILES string of the molecule is COCCN(C(=O)c1sc2cc(C)ccc2c1N)C(C)C. The smallest absolute Gasteiger partial charge is 0.266 e. The van der Waals surface area contributed by atoms with Gasteiger partial charge in [-0.05, 0) is 32.4 Å². The Morgan fingerprint density at radius 2 is 2.14 bits per heavy atom. The van der Waals surface area contributed by atoms with Crippen molar-refractivity contribution in [3.63, 3.8) is 0 Å². The van der Waals surface area contributed by atoms with E-state index in [9.17, 15) is 4.79 Å². The molecule has 2 rings (SSSR count). The van der Waals surface area contributed by atoms with Crippen LogP contribution in [0.4, 0.5) is 5.69 Å². The molecule has 0 radical (unpaired) electrons. The quantitative estimate of drug-likeness (QED) is 0.922. The summed E-state index contributed by atoms with van der Waals surface area (Å²) >= 11 is 1.47. The molecule has 0 saturated carbocycles. The van der Waals surface area contributed by atoms with Crippen molar-refractivity contribution in [2.45, 2.75) is 26.8 Å². The number of anilines is 1. The number of benzene rings is 1. The van der Waals surface area contributed by atoms with Gasteiger partial charge in [-0.3, -0.25) is 4.79 Å². The number of thiophene rings is 1. The van der Waals surface area contributed by atoms with Crippen LogP contribution in [0.3, 0.4) is 0 Å². The van der Waals surface area contributed by atoms with Gasteiger partial charge in [0.25, 0.3) is 5.91 Å². The molecule has 2 N–H and O–H groups in total. The van der Waals surface area contributed by atoms with Crippen molar-refractivity contribution in [3.8, 4) is 0 Å². The number of rotatable bonds is 5. The predicted octanol–water partition coefficient (Wildman–Crippen LogP) is 3.29. The van der Waals surface area contributed by atoms with Crippen LogP contribution in [-0.2, 0) is 4.74 Å². The summed E-state index contributed by atoms with van der Waals surface area (Å²) in [7, 11) is 1.64. The molecule has 4 nitrogen and oxygen atoms in total. The molecule has 1 aromatic carbocycles. The van der Waals surface area contributed by atoms with E-state index in [-0.39, 0.29) is 11.9 Å². The highest BCUT2D eigenvalue weighted by molar-refractivity contribution is 7.21. The van der Waals surface area contributed by atoms with Crippen molar-refractivity contribution in [2.75, 3.05) is 26.0 Å². The highest BCUT2D eigenvalue weighted by Crippen LogP contribution is 2.35. The lowest BCUT2D eigenvalue weighted by Gasteiger charge is -2.26. The first kappa shape index (κ1) is 15.8. The number of hydrogen-bond acceptors (Lipinski definition) is 4. The molecule has 0 spiro atoms. The number of nitrogens with zero attached hydrogens (tertiary/aromatic N) is 1. The number of ether oxygens (including phenoxy) is 1. The van der Waals surface area contributed by atoms with Gasteiger partial charge in [-0.15, -0.1) is 11.3 Å². The Balaban J connectivity index is 2.39. The van der Waals surface area contributed by atoms with Crippen LogP contribution in [0.2, 0.25) is 0 Å². The highest BCUT2D eigenvalue weighted by Gasteiger charge is 2.23. The molecule has 1 aromatic heterocycles. The number of aryl methyl sites for hydroxylation is 1. The maximum Gasteiger partial charge on any atom is 0.266 e. The standard InChI is InChI=1S/C16H22N2O2S/c1-10(2)18(7-8-20-4)16(19)15-14(17)12-6-5-11(3)9-13(12)21-15/h5-6,9-10H,7-8,17H2,1-4H3. The zero-order valence-electron chi connectivity index (χ0n) is 13.0. The first-order chi connectivity index (χ1) is 9.95. The predicted molar refractivity (Wildman–Crippen MR) is 89.0 cm³/mol. The first-order valence-corrected chi connectivity index (χ1v) is 7.86. The van der Waals surface area contributed by atoms with Crippen LogP contribution in [0.15, 0.2) is 18.2 Å². The molecule has 0 unspecified atom stereocenters. The molecule has 5 heteroatoms. The molecule has 0 atom stereocenters. The van der Waals surface area contributed by atoms with Gasteiger partial charge in [0.05, 0.1) is 12.3 Å². The Morgan fingerprint density at radius 1 is 1.43 bits per heavy atom. The monoisotopic (exact) mass is 306 g/mol. The lowest BCUT2D eigenvalue weighted by Crippen LogP contribution is -2.39. The van der Waals surface area contributed by atoms with Crippen molar-refractivity contribution >= 4 is 33.0 Å². The summed E-state index contributed by atoms with van der Waals surface area (Å²) in [6.07, 6.45) is 0. The second-order valence-corrected chi connectivity index (χ2v) is 6.48. The van der Waals surface area contributed by atoms with E-state index < -0.39 is 0 Å². The van der Waals surface area contributed by atoms with Gasteiger partial charge < -0.3 is 15.4 Å². The number of carbonyl (C=O) groups is 1. The molecule has 0 saturated heterocycles. The fraction of sp³-hybridized carbons (Fsp3) is 0.438. The number of nitrogen functional groups attached to an aromatic ring is 1. The number of amides is 1. The Kier molecular flexibility index (Phi) is 4.85. The minimum Gasteiger partial charge on any atom is -0.397 e. The van der Waals surface area contributed by atoms with E-state index in [2.05, 4.69) is 6.07 Å². The Hall–Kier alpha value is -1.59. The molecular formula is C16H22N2O2S. The number of fused-ring (bicyclic) bond motifs is 1. The highest BCUT2D eigenvalue weighted by atomic mass is 32.1. The normalized spacial score (nSPS) is 11.3. The van der Waals surface area contributed by atoms with E-state index >= 15 is 0 Å². The molecule has 0 aliphatic heterocycles. The first-order valence-electron chi connectivity index (χ1n) is 7.04. The van der Waals surface area contributed by atoms with Gasteiger partial charge in [-0.2, -0.15) is 0 Å². The third-order valence-electron chi connectivity index (χ3n) is 3.50. The zero-order chi connectivity index (χ0) is 15.6. The van der Waals surface area contributed by atoms with Crippen LogP contribution in [0.5, 0.6) is 0 Å². The average Bonchev–Trinajstić information content (AvgIpc) is 2.75. The summed E-state index contributed by atoms with van der Waals surface area (Å²) in [4.78, 5) is 15.2. The third-order valence-corrected chi connectivity index (χ3v) is 4.66. The van der Waals surface area contributed by atoms with Gasteiger partial charge in [0.15, 0.2) is 0 Å². The summed E-state index contributed by atoms with van der Waals surface area (Å²) in [5.41, 5.74) is 7.94. The second kappa shape index (κ2) is 6.45. The third kappa shape index (κ3) is 3.19. The molecule has 0 fully saturated rings. The van der Waals surface area contributed by atoms with Gasteiger partial charge in [-0.1, -0.05) is 12.1 Å². The van der Waals surface area contributed by atoms with Gasteiger partial charge in [0.2, 0.25) is 0 Å². The summed E-state index contributed by atoms with van der Waals surface area (Å²) in [5.74, 6) is -0.0154. The molecule has 2 aromatic rings. The van der Waals surface area contributed by atoms with Crippen molar-refractivity contribution in [1.29, 1.82) is 0 Å². The van der Waals surface area contributed by atoms with Crippen LogP contribution >= 0.6 is 11.3 Å². The van der Waals surface area contributed by atoms with Gasteiger partial charge in [0.1, 0.15) is 4.88 Å². The minimum absolute atomic E-state index is 0.0154. The Morgan fingerprint density at radius 3 is 2.76 bits per heavy atom. The van der Waals surface area contributed by atoms with Crippen LogP contribution < -0.4 is 5.73 Å². The maximum atomic E-state index is 12.8. The summed E-state index contributed by atoms with van der Waals surface area (Å²) < 4.78 is 6.15.